The normalized spacial score (nSPS) is 33.1. The fourth-order valence-electron chi connectivity index (χ4n) is 3.75. The van der Waals surface area contributed by atoms with Crippen molar-refractivity contribution in [2.75, 3.05) is 19.6 Å². The number of likely N-dealkylation sites (tertiary alicyclic amines) is 1. The lowest BCUT2D eigenvalue weighted by Crippen LogP contribution is -2.47. The van der Waals surface area contributed by atoms with Crippen molar-refractivity contribution in [3.8, 4) is 0 Å². The van der Waals surface area contributed by atoms with E-state index in [0.29, 0.717) is 11.5 Å². The first-order valence-corrected chi connectivity index (χ1v) is 7.29. The van der Waals surface area contributed by atoms with Crippen molar-refractivity contribution in [1.29, 1.82) is 0 Å². The number of hydrogen-bond donors (Lipinski definition) is 1. The van der Waals surface area contributed by atoms with Gasteiger partial charge in [-0.3, -0.25) is 4.90 Å². The first-order valence-electron chi connectivity index (χ1n) is 7.29. The standard InChI is InChI=1S/C16H24N2/c1-14-16(8-5-10-17-13-16)9-11-18(14)12-15-6-3-2-4-7-15/h2-4,6-7,14,17H,5,8-13H2,1H3. The van der Waals surface area contributed by atoms with E-state index in [1.807, 2.05) is 0 Å². The van der Waals surface area contributed by atoms with E-state index in [0.717, 1.165) is 6.54 Å². The van der Waals surface area contributed by atoms with Crippen LogP contribution in [-0.2, 0) is 6.54 Å². The molecule has 98 valence electrons. The molecule has 0 saturated carbocycles. The zero-order valence-corrected chi connectivity index (χ0v) is 11.4. The lowest BCUT2D eigenvalue weighted by Gasteiger charge is -2.39. The highest BCUT2D eigenvalue weighted by Crippen LogP contribution is 2.42. The van der Waals surface area contributed by atoms with Crippen molar-refractivity contribution in [2.45, 2.75) is 38.8 Å². The average Bonchev–Trinajstić information content (AvgIpc) is 2.71. The molecule has 1 spiro atoms. The Morgan fingerprint density at radius 2 is 2.11 bits per heavy atom. The molecule has 2 atom stereocenters. The topological polar surface area (TPSA) is 15.3 Å². The molecule has 0 amide bonds. The van der Waals surface area contributed by atoms with E-state index in [2.05, 4.69) is 47.5 Å². The number of benzene rings is 1. The molecule has 1 aromatic carbocycles. The summed E-state index contributed by atoms with van der Waals surface area (Å²) in [5, 5.41) is 3.61. The van der Waals surface area contributed by atoms with Crippen molar-refractivity contribution in [2.24, 2.45) is 5.41 Å². The second-order valence-electron chi connectivity index (χ2n) is 6.02. The van der Waals surface area contributed by atoms with Gasteiger partial charge in [-0.1, -0.05) is 30.3 Å². The van der Waals surface area contributed by atoms with Crippen LogP contribution >= 0.6 is 0 Å². The molecule has 0 aromatic heterocycles. The SMILES string of the molecule is CC1N(Cc2ccccc2)CCC12CCCNC2. The van der Waals surface area contributed by atoms with E-state index in [-0.39, 0.29) is 0 Å². The third-order valence-electron chi connectivity index (χ3n) is 5.06. The molecule has 1 aromatic rings. The predicted molar refractivity (Wildman–Crippen MR) is 75.5 cm³/mol. The van der Waals surface area contributed by atoms with Gasteiger partial charge >= 0.3 is 0 Å². The minimum atomic E-state index is 0.549. The summed E-state index contributed by atoms with van der Waals surface area (Å²) < 4.78 is 0. The molecule has 0 radical (unpaired) electrons. The van der Waals surface area contributed by atoms with Crippen LogP contribution in [0.4, 0.5) is 0 Å². The van der Waals surface area contributed by atoms with Gasteiger partial charge in [0, 0.05) is 19.1 Å². The molecule has 2 fully saturated rings. The summed E-state index contributed by atoms with van der Waals surface area (Å²) >= 11 is 0. The van der Waals surface area contributed by atoms with E-state index < -0.39 is 0 Å². The first kappa shape index (κ1) is 12.2. The van der Waals surface area contributed by atoms with Gasteiger partial charge in [0.05, 0.1) is 0 Å². The van der Waals surface area contributed by atoms with Crippen LogP contribution in [0.3, 0.4) is 0 Å². The maximum absolute atomic E-state index is 3.61. The molecule has 2 saturated heterocycles. The fraction of sp³-hybridized carbons (Fsp3) is 0.625. The van der Waals surface area contributed by atoms with Crippen LogP contribution in [0.1, 0.15) is 31.7 Å². The van der Waals surface area contributed by atoms with Gasteiger partial charge < -0.3 is 5.32 Å². The Morgan fingerprint density at radius 3 is 2.83 bits per heavy atom. The van der Waals surface area contributed by atoms with Crippen LogP contribution in [0.25, 0.3) is 0 Å². The molecule has 2 aliphatic heterocycles. The summed E-state index contributed by atoms with van der Waals surface area (Å²) in [5.74, 6) is 0. The van der Waals surface area contributed by atoms with E-state index in [4.69, 9.17) is 0 Å². The molecule has 2 heterocycles. The molecule has 0 aliphatic carbocycles. The second-order valence-corrected chi connectivity index (χ2v) is 6.02. The van der Waals surface area contributed by atoms with Crippen LogP contribution in [-0.4, -0.2) is 30.6 Å². The number of rotatable bonds is 2. The van der Waals surface area contributed by atoms with Gasteiger partial charge in [0.2, 0.25) is 0 Å². The Labute approximate surface area is 110 Å². The monoisotopic (exact) mass is 244 g/mol. The highest BCUT2D eigenvalue weighted by molar-refractivity contribution is 5.15. The Morgan fingerprint density at radius 1 is 1.28 bits per heavy atom. The zero-order chi connectivity index (χ0) is 12.4. The van der Waals surface area contributed by atoms with Gasteiger partial charge in [-0.25, -0.2) is 0 Å². The van der Waals surface area contributed by atoms with Crippen molar-refractivity contribution in [1.82, 2.24) is 10.2 Å². The van der Waals surface area contributed by atoms with Gasteiger partial charge in [0.1, 0.15) is 0 Å². The zero-order valence-electron chi connectivity index (χ0n) is 11.4. The second kappa shape index (κ2) is 5.02. The molecule has 18 heavy (non-hydrogen) atoms. The van der Waals surface area contributed by atoms with Crippen LogP contribution < -0.4 is 5.32 Å². The van der Waals surface area contributed by atoms with Gasteiger partial charge in [0.15, 0.2) is 0 Å². The third-order valence-corrected chi connectivity index (χ3v) is 5.06. The summed E-state index contributed by atoms with van der Waals surface area (Å²) in [6.45, 7) is 7.25. The van der Waals surface area contributed by atoms with Crippen molar-refractivity contribution in [3.05, 3.63) is 35.9 Å². The van der Waals surface area contributed by atoms with Crippen LogP contribution in [0.5, 0.6) is 0 Å². The van der Waals surface area contributed by atoms with E-state index in [9.17, 15) is 0 Å². The molecule has 2 aliphatic rings. The minimum absolute atomic E-state index is 0.549. The number of nitrogens with zero attached hydrogens (tertiary/aromatic N) is 1. The van der Waals surface area contributed by atoms with Crippen LogP contribution in [0.15, 0.2) is 30.3 Å². The molecule has 2 nitrogen and oxygen atoms in total. The predicted octanol–water partition coefficient (Wildman–Crippen LogP) is 2.65. The smallest absolute Gasteiger partial charge is 0.0236 e. The molecular formula is C16H24N2. The van der Waals surface area contributed by atoms with Crippen LogP contribution in [0.2, 0.25) is 0 Å². The van der Waals surface area contributed by atoms with E-state index in [1.54, 1.807) is 0 Å². The average molecular weight is 244 g/mol. The number of hydrogen-bond acceptors (Lipinski definition) is 2. The summed E-state index contributed by atoms with van der Waals surface area (Å²) in [7, 11) is 0. The molecule has 0 bridgehead atoms. The molecular weight excluding hydrogens is 220 g/mol. The minimum Gasteiger partial charge on any atom is -0.316 e. The molecule has 3 rings (SSSR count). The van der Waals surface area contributed by atoms with E-state index in [1.165, 1.54) is 44.5 Å². The van der Waals surface area contributed by atoms with Crippen molar-refractivity contribution in [3.63, 3.8) is 0 Å². The number of piperidine rings is 1. The Balaban J connectivity index is 1.69. The summed E-state index contributed by atoms with van der Waals surface area (Å²) in [4.78, 5) is 2.67. The van der Waals surface area contributed by atoms with Crippen LogP contribution in [0, 0.1) is 5.41 Å². The fourth-order valence-corrected chi connectivity index (χ4v) is 3.75. The maximum Gasteiger partial charge on any atom is 0.0236 e. The number of nitrogens with one attached hydrogen (secondary N) is 1. The summed E-state index contributed by atoms with van der Waals surface area (Å²) in [6, 6.07) is 11.6. The lowest BCUT2D eigenvalue weighted by molar-refractivity contribution is 0.129. The molecule has 2 heteroatoms. The van der Waals surface area contributed by atoms with Gasteiger partial charge in [0.25, 0.3) is 0 Å². The Bertz CT molecular complexity index is 381. The van der Waals surface area contributed by atoms with Crippen molar-refractivity contribution >= 4 is 0 Å². The van der Waals surface area contributed by atoms with E-state index >= 15 is 0 Å². The third kappa shape index (κ3) is 2.19. The molecule has 1 N–H and O–H groups in total. The van der Waals surface area contributed by atoms with Crippen molar-refractivity contribution < 1.29 is 0 Å². The van der Waals surface area contributed by atoms with Gasteiger partial charge in [-0.2, -0.15) is 0 Å². The molecule has 2 unspecified atom stereocenters. The van der Waals surface area contributed by atoms with Gasteiger partial charge in [-0.05, 0) is 50.3 Å². The quantitative estimate of drug-likeness (QED) is 0.860. The first-order chi connectivity index (χ1) is 8.80. The highest BCUT2D eigenvalue weighted by atomic mass is 15.2. The lowest BCUT2D eigenvalue weighted by atomic mass is 9.75. The largest absolute Gasteiger partial charge is 0.316 e. The maximum atomic E-state index is 3.61. The Hall–Kier alpha value is -0.860. The Kier molecular flexibility index (Phi) is 3.40. The summed E-state index contributed by atoms with van der Waals surface area (Å²) in [5.41, 5.74) is 2.00. The van der Waals surface area contributed by atoms with Gasteiger partial charge in [-0.15, -0.1) is 0 Å². The highest BCUT2D eigenvalue weighted by Gasteiger charge is 2.44. The summed E-state index contributed by atoms with van der Waals surface area (Å²) in [6.07, 6.45) is 4.13.